The zero-order chi connectivity index (χ0) is 11.4. The average molecular weight is 218 g/mol. The van der Waals surface area contributed by atoms with E-state index in [2.05, 4.69) is 42.3 Å². The normalized spacial score (nSPS) is 18.4. The fourth-order valence-electron chi connectivity index (χ4n) is 2.27. The van der Waals surface area contributed by atoms with Crippen molar-refractivity contribution in [2.24, 2.45) is 5.73 Å². The molecular weight excluding hydrogens is 196 g/mol. The summed E-state index contributed by atoms with van der Waals surface area (Å²) in [6.07, 6.45) is 4.88. The maximum absolute atomic E-state index is 6.22. The van der Waals surface area contributed by atoms with E-state index in [0.717, 1.165) is 19.5 Å². The molecule has 1 aromatic rings. The highest BCUT2D eigenvalue weighted by Gasteiger charge is 2.31. The van der Waals surface area contributed by atoms with Crippen molar-refractivity contribution in [3.63, 3.8) is 0 Å². The minimum Gasteiger partial charge on any atom is -0.325 e. The molecule has 1 aromatic carbocycles. The van der Waals surface area contributed by atoms with Gasteiger partial charge in [0.15, 0.2) is 0 Å². The summed E-state index contributed by atoms with van der Waals surface area (Å²) >= 11 is 0. The highest BCUT2D eigenvalue weighted by molar-refractivity contribution is 5.14. The van der Waals surface area contributed by atoms with Gasteiger partial charge in [0.25, 0.3) is 0 Å². The number of nitrogens with two attached hydrogens (primary N) is 1. The van der Waals surface area contributed by atoms with Crippen LogP contribution in [0, 0.1) is 0 Å². The molecule has 2 nitrogen and oxygen atoms in total. The summed E-state index contributed by atoms with van der Waals surface area (Å²) in [6.45, 7) is 2.13. The van der Waals surface area contributed by atoms with Gasteiger partial charge >= 0.3 is 0 Å². The number of benzene rings is 1. The summed E-state index contributed by atoms with van der Waals surface area (Å²) < 4.78 is 0. The van der Waals surface area contributed by atoms with E-state index >= 15 is 0 Å². The lowest BCUT2D eigenvalue weighted by Gasteiger charge is -2.39. The van der Waals surface area contributed by atoms with Gasteiger partial charge in [-0.25, -0.2) is 0 Å². The van der Waals surface area contributed by atoms with Gasteiger partial charge < -0.3 is 10.6 Å². The standard InChI is InChI=1S/C14H22N2/c1-16(11-10-14(15)8-5-9-14)12-13-6-3-2-4-7-13/h2-4,6-7H,5,8-12,15H2,1H3. The first-order valence-electron chi connectivity index (χ1n) is 6.19. The van der Waals surface area contributed by atoms with Crippen LogP contribution in [0.5, 0.6) is 0 Å². The molecule has 0 heterocycles. The van der Waals surface area contributed by atoms with Gasteiger partial charge in [-0.1, -0.05) is 30.3 Å². The van der Waals surface area contributed by atoms with Crippen LogP contribution in [-0.2, 0) is 6.54 Å². The lowest BCUT2D eigenvalue weighted by molar-refractivity contribution is 0.193. The highest BCUT2D eigenvalue weighted by atomic mass is 15.1. The molecule has 0 aromatic heterocycles. The predicted molar refractivity (Wildman–Crippen MR) is 68.2 cm³/mol. The molecular formula is C14H22N2. The number of nitrogens with zero attached hydrogens (tertiary/aromatic N) is 1. The van der Waals surface area contributed by atoms with Crippen molar-refractivity contribution in [2.45, 2.75) is 37.8 Å². The van der Waals surface area contributed by atoms with Crippen molar-refractivity contribution in [1.29, 1.82) is 0 Å². The van der Waals surface area contributed by atoms with Crippen LogP contribution >= 0.6 is 0 Å². The first-order valence-corrected chi connectivity index (χ1v) is 6.19. The molecule has 2 heteroatoms. The number of hydrogen-bond donors (Lipinski definition) is 1. The van der Waals surface area contributed by atoms with Gasteiger partial charge in [0.1, 0.15) is 0 Å². The van der Waals surface area contributed by atoms with E-state index in [1.54, 1.807) is 0 Å². The predicted octanol–water partition coefficient (Wildman–Crippen LogP) is 2.39. The zero-order valence-corrected chi connectivity index (χ0v) is 10.2. The minimum absolute atomic E-state index is 0.158. The fraction of sp³-hybridized carbons (Fsp3) is 0.571. The fourth-order valence-corrected chi connectivity index (χ4v) is 2.27. The molecule has 1 aliphatic carbocycles. The molecule has 2 N–H and O–H groups in total. The summed E-state index contributed by atoms with van der Waals surface area (Å²) in [6, 6.07) is 10.6. The van der Waals surface area contributed by atoms with Crippen molar-refractivity contribution in [1.82, 2.24) is 4.90 Å². The Kier molecular flexibility index (Phi) is 3.62. The van der Waals surface area contributed by atoms with E-state index in [1.807, 2.05) is 0 Å². The van der Waals surface area contributed by atoms with Crippen molar-refractivity contribution in [3.05, 3.63) is 35.9 Å². The average Bonchev–Trinajstić information content (AvgIpc) is 2.25. The van der Waals surface area contributed by atoms with Crippen LogP contribution in [0.15, 0.2) is 30.3 Å². The second kappa shape index (κ2) is 4.98. The van der Waals surface area contributed by atoms with E-state index in [-0.39, 0.29) is 5.54 Å². The summed E-state index contributed by atoms with van der Waals surface area (Å²) in [4.78, 5) is 2.36. The number of hydrogen-bond acceptors (Lipinski definition) is 2. The summed E-state index contributed by atoms with van der Waals surface area (Å²) in [5.41, 5.74) is 7.75. The van der Waals surface area contributed by atoms with Crippen molar-refractivity contribution >= 4 is 0 Å². The SMILES string of the molecule is CN(CCC1(N)CCC1)Cc1ccccc1. The van der Waals surface area contributed by atoms with Gasteiger partial charge in [0.2, 0.25) is 0 Å². The molecule has 0 amide bonds. The van der Waals surface area contributed by atoms with Gasteiger partial charge in [0.05, 0.1) is 0 Å². The van der Waals surface area contributed by atoms with E-state index in [0.29, 0.717) is 0 Å². The van der Waals surface area contributed by atoms with Crippen LogP contribution in [0.4, 0.5) is 0 Å². The summed E-state index contributed by atoms with van der Waals surface area (Å²) in [7, 11) is 2.18. The Morgan fingerprint density at radius 1 is 1.25 bits per heavy atom. The molecule has 1 aliphatic rings. The van der Waals surface area contributed by atoms with Crippen LogP contribution in [0.2, 0.25) is 0 Å². The van der Waals surface area contributed by atoms with Crippen molar-refractivity contribution < 1.29 is 0 Å². The van der Waals surface area contributed by atoms with Gasteiger partial charge in [-0.3, -0.25) is 0 Å². The van der Waals surface area contributed by atoms with Crippen LogP contribution in [0.1, 0.15) is 31.2 Å². The molecule has 0 aliphatic heterocycles. The van der Waals surface area contributed by atoms with E-state index in [1.165, 1.54) is 24.8 Å². The van der Waals surface area contributed by atoms with Crippen LogP contribution in [-0.4, -0.2) is 24.0 Å². The van der Waals surface area contributed by atoms with Gasteiger partial charge in [-0.15, -0.1) is 0 Å². The molecule has 0 saturated heterocycles. The molecule has 0 atom stereocenters. The monoisotopic (exact) mass is 218 g/mol. The van der Waals surface area contributed by atoms with Crippen LogP contribution in [0.25, 0.3) is 0 Å². The molecule has 88 valence electrons. The Balaban J connectivity index is 1.74. The molecule has 0 unspecified atom stereocenters. The Labute approximate surface area is 98.4 Å². The van der Waals surface area contributed by atoms with E-state index in [4.69, 9.17) is 5.73 Å². The second-order valence-electron chi connectivity index (χ2n) is 5.19. The Morgan fingerprint density at radius 2 is 1.94 bits per heavy atom. The quantitative estimate of drug-likeness (QED) is 0.822. The Bertz CT molecular complexity index is 317. The molecule has 1 saturated carbocycles. The first-order chi connectivity index (χ1) is 7.68. The van der Waals surface area contributed by atoms with E-state index in [9.17, 15) is 0 Å². The van der Waals surface area contributed by atoms with Crippen molar-refractivity contribution in [2.75, 3.05) is 13.6 Å². The maximum atomic E-state index is 6.22. The second-order valence-corrected chi connectivity index (χ2v) is 5.19. The Hall–Kier alpha value is -0.860. The third-order valence-corrected chi connectivity index (χ3v) is 3.64. The maximum Gasteiger partial charge on any atom is 0.0230 e. The van der Waals surface area contributed by atoms with Crippen LogP contribution < -0.4 is 5.73 Å². The number of rotatable bonds is 5. The third-order valence-electron chi connectivity index (χ3n) is 3.64. The molecule has 16 heavy (non-hydrogen) atoms. The smallest absolute Gasteiger partial charge is 0.0230 e. The topological polar surface area (TPSA) is 29.3 Å². The molecule has 1 fully saturated rings. The van der Waals surface area contributed by atoms with Gasteiger partial charge in [-0.05, 0) is 44.8 Å². The summed E-state index contributed by atoms with van der Waals surface area (Å²) in [5.74, 6) is 0. The zero-order valence-electron chi connectivity index (χ0n) is 10.2. The lowest BCUT2D eigenvalue weighted by Crippen LogP contribution is -2.48. The lowest BCUT2D eigenvalue weighted by atomic mass is 9.75. The molecule has 2 rings (SSSR count). The molecule has 0 radical (unpaired) electrons. The van der Waals surface area contributed by atoms with Gasteiger partial charge in [-0.2, -0.15) is 0 Å². The van der Waals surface area contributed by atoms with Gasteiger partial charge in [0, 0.05) is 12.1 Å². The van der Waals surface area contributed by atoms with Crippen LogP contribution in [0.3, 0.4) is 0 Å². The first kappa shape index (κ1) is 11.6. The van der Waals surface area contributed by atoms with E-state index < -0.39 is 0 Å². The molecule has 0 bridgehead atoms. The minimum atomic E-state index is 0.158. The molecule has 0 spiro atoms. The van der Waals surface area contributed by atoms with Crippen molar-refractivity contribution in [3.8, 4) is 0 Å². The Morgan fingerprint density at radius 3 is 2.50 bits per heavy atom. The largest absolute Gasteiger partial charge is 0.325 e. The third kappa shape index (κ3) is 3.06. The summed E-state index contributed by atoms with van der Waals surface area (Å²) in [5, 5.41) is 0. The highest BCUT2D eigenvalue weighted by Crippen LogP contribution is 2.32.